The molecule has 1 rings (SSSR count). The van der Waals surface area contributed by atoms with Crippen molar-refractivity contribution < 1.29 is 0 Å². The lowest BCUT2D eigenvalue weighted by Crippen LogP contribution is -1.77. The maximum atomic E-state index is 8.54. The standard InChI is InChI=1S/C8H3N4/c9-4-6-1-2-8(12-11)7(3-6)5-10/h1-3H/q+1. The molecule has 0 unspecified atom stereocenters. The van der Waals surface area contributed by atoms with Gasteiger partial charge in [0.15, 0.2) is 4.98 Å². The molecule has 0 heterocycles. The molecule has 0 saturated heterocycles. The van der Waals surface area contributed by atoms with E-state index in [1.54, 1.807) is 0 Å². The van der Waals surface area contributed by atoms with Gasteiger partial charge in [0.2, 0.25) is 5.39 Å². The Morgan fingerprint density at radius 1 is 1.17 bits per heavy atom. The largest absolute Gasteiger partial charge is 0.402 e. The predicted octanol–water partition coefficient (Wildman–Crippen LogP) is 1.91. The summed E-state index contributed by atoms with van der Waals surface area (Å²) in [5.41, 5.74) is 0.743. The Morgan fingerprint density at radius 2 is 1.92 bits per heavy atom. The highest BCUT2D eigenvalue weighted by Gasteiger charge is 2.12. The highest BCUT2D eigenvalue weighted by Crippen LogP contribution is 2.18. The Balaban J connectivity index is 3.37. The Labute approximate surface area is 68.9 Å². The van der Waals surface area contributed by atoms with E-state index in [1.807, 2.05) is 12.1 Å². The fourth-order valence-corrected chi connectivity index (χ4v) is 0.782. The summed E-state index contributed by atoms with van der Waals surface area (Å²) >= 11 is 0. The second kappa shape index (κ2) is 3.14. The average Bonchev–Trinajstić information content (AvgIpc) is 2.16. The van der Waals surface area contributed by atoms with E-state index in [0.717, 1.165) is 0 Å². The fraction of sp³-hybridized carbons (Fsp3) is 0. The third-order valence-corrected chi connectivity index (χ3v) is 1.35. The zero-order valence-electron chi connectivity index (χ0n) is 6.02. The molecule has 0 bridgehead atoms. The smallest absolute Gasteiger partial charge is 0.192 e. The van der Waals surface area contributed by atoms with Gasteiger partial charge < -0.3 is 0 Å². The summed E-state index contributed by atoms with van der Waals surface area (Å²) in [4.78, 5) is 2.88. The van der Waals surface area contributed by atoms with E-state index in [0.29, 0.717) is 5.56 Å². The quantitative estimate of drug-likeness (QED) is 0.537. The topological polar surface area (TPSA) is 75.7 Å². The third-order valence-electron chi connectivity index (χ3n) is 1.35. The van der Waals surface area contributed by atoms with Gasteiger partial charge in [-0.25, -0.2) is 0 Å². The number of nitriles is 2. The predicted molar refractivity (Wildman–Crippen MR) is 40.6 cm³/mol. The van der Waals surface area contributed by atoms with Crippen LogP contribution in [0.2, 0.25) is 0 Å². The molecule has 0 amide bonds. The zero-order valence-corrected chi connectivity index (χ0v) is 6.02. The minimum Gasteiger partial charge on any atom is -0.192 e. The first-order chi connectivity index (χ1) is 5.81. The van der Waals surface area contributed by atoms with Gasteiger partial charge in [-0.1, -0.05) is 0 Å². The van der Waals surface area contributed by atoms with Gasteiger partial charge in [-0.15, -0.1) is 0 Å². The van der Waals surface area contributed by atoms with Crippen molar-refractivity contribution in [2.75, 3.05) is 0 Å². The van der Waals surface area contributed by atoms with Crippen LogP contribution in [-0.2, 0) is 0 Å². The number of nitrogens with zero attached hydrogens (tertiary/aromatic N) is 4. The van der Waals surface area contributed by atoms with Gasteiger partial charge in [0.25, 0.3) is 0 Å². The number of diazo groups is 1. The van der Waals surface area contributed by atoms with E-state index in [1.165, 1.54) is 18.2 Å². The summed E-state index contributed by atoms with van der Waals surface area (Å²) in [6.45, 7) is 0. The molecule has 54 valence electrons. The molecular weight excluding hydrogens is 152 g/mol. The maximum Gasteiger partial charge on any atom is 0.402 e. The van der Waals surface area contributed by atoms with Crippen molar-refractivity contribution in [3.63, 3.8) is 0 Å². The average molecular weight is 155 g/mol. The van der Waals surface area contributed by atoms with Crippen LogP contribution in [0.1, 0.15) is 11.1 Å². The van der Waals surface area contributed by atoms with Crippen LogP contribution < -0.4 is 0 Å². The van der Waals surface area contributed by atoms with E-state index < -0.39 is 0 Å². The number of hydrogen-bond acceptors (Lipinski definition) is 3. The molecule has 0 radical (unpaired) electrons. The molecule has 0 aliphatic rings. The molecule has 0 aliphatic heterocycles. The van der Waals surface area contributed by atoms with E-state index >= 15 is 0 Å². The molecule has 4 heteroatoms. The van der Waals surface area contributed by atoms with Crippen molar-refractivity contribution in [1.82, 2.24) is 0 Å². The molecule has 0 spiro atoms. The minimum atomic E-state index is 0.177. The van der Waals surface area contributed by atoms with Gasteiger partial charge in [0, 0.05) is 6.07 Å². The Hall–Kier alpha value is -2.38. The van der Waals surface area contributed by atoms with Crippen LogP contribution in [0.3, 0.4) is 0 Å². The summed E-state index contributed by atoms with van der Waals surface area (Å²) in [5, 5.41) is 25.4. The highest BCUT2D eigenvalue weighted by molar-refractivity contribution is 5.60. The number of hydrogen-bond donors (Lipinski definition) is 0. The second-order valence-electron chi connectivity index (χ2n) is 2.06. The second-order valence-corrected chi connectivity index (χ2v) is 2.06. The lowest BCUT2D eigenvalue weighted by Gasteiger charge is -1.84. The Bertz CT molecular complexity index is 428. The van der Waals surface area contributed by atoms with Crippen LogP contribution >= 0.6 is 0 Å². The molecule has 0 aliphatic carbocycles. The van der Waals surface area contributed by atoms with Crippen LogP contribution in [0, 0.1) is 28.1 Å². The molecule has 0 aromatic heterocycles. The first-order valence-corrected chi connectivity index (χ1v) is 3.11. The van der Waals surface area contributed by atoms with Crippen LogP contribution in [-0.4, -0.2) is 0 Å². The van der Waals surface area contributed by atoms with E-state index in [9.17, 15) is 0 Å². The van der Waals surface area contributed by atoms with Crippen molar-refractivity contribution in [2.45, 2.75) is 0 Å². The van der Waals surface area contributed by atoms with E-state index in [4.69, 9.17) is 15.9 Å². The SMILES string of the molecule is N#Cc1ccc([N+]#N)c(C#N)c1. The third kappa shape index (κ3) is 1.21. The summed E-state index contributed by atoms with van der Waals surface area (Å²) in [7, 11) is 0. The van der Waals surface area contributed by atoms with Crippen LogP contribution in [0.25, 0.3) is 4.98 Å². The van der Waals surface area contributed by atoms with Gasteiger partial charge in [-0.3, -0.25) is 0 Å². The van der Waals surface area contributed by atoms with Gasteiger partial charge in [-0.05, 0) is 12.1 Å². The summed E-state index contributed by atoms with van der Waals surface area (Å²) in [6, 6.07) is 7.96. The summed E-state index contributed by atoms with van der Waals surface area (Å²) < 4.78 is 0. The zero-order chi connectivity index (χ0) is 8.97. The van der Waals surface area contributed by atoms with Crippen molar-refractivity contribution in [3.8, 4) is 12.1 Å². The summed E-state index contributed by atoms with van der Waals surface area (Å²) in [5.74, 6) is 0. The number of rotatable bonds is 0. The Morgan fingerprint density at radius 3 is 2.42 bits per heavy atom. The first-order valence-electron chi connectivity index (χ1n) is 3.11. The molecule has 12 heavy (non-hydrogen) atoms. The van der Waals surface area contributed by atoms with Crippen molar-refractivity contribution in [1.29, 1.82) is 15.9 Å². The minimum absolute atomic E-state index is 0.177. The molecule has 0 N–H and O–H groups in total. The van der Waals surface area contributed by atoms with E-state index in [-0.39, 0.29) is 11.3 Å². The highest BCUT2D eigenvalue weighted by atomic mass is 14.8. The van der Waals surface area contributed by atoms with Crippen molar-refractivity contribution in [2.24, 2.45) is 0 Å². The van der Waals surface area contributed by atoms with Crippen LogP contribution in [0.5, 0.6) is 0 Å². The van der Waals surface area contributed by atoms with Gasteiger partial charge in [-0.2, -0.15) is 10.5 Å². The molecule has 1 aromatic rings. The van der Waals surface area contributed by atoms with Crippen LogP contribution in [0.4, 0.5) is 5.69 Å². The van der Waals surface area contributed by atoms with Crippen molar-refractivity contribution >= 4 is 5.69 Å². The molecule has 0 atom stereocenters. The van der Waals surface area contributed by atoms with Crippen molar-refractivity contribution in [3.05, 3.63) is 34.3 Å². The monoisotopic (exact) mass is 155 g/mol. The van der Waals surface area contributed by atoms with Gasteiger partial charge >= 0.3 is 5.69 Å². The Kier molecular flexibility index (Phi) is 2.02. The van der Waals surface area contributed by atoms with E-state index in [2.05, 4.69) is 4.98 Å². The molecular formula is C8H3N4+. The first kappa shape index (κ1) is 7.72. The maximum absolute atomic E-state index is 8.54. The van der Waals surface area contributed by atoms with Gasteiger partial charge in [0.05, 0.1) is 11.6 Å². The van der Waals surface area contributed by atoms with Gasteiger partial charge in [0.1, 0.15) is 11.6 Å². The number of benzene rings is 1. The normalized spacial score (nSPS) is 7.75. The lowest BCUT2D eigenvalue weighted by atomic mass is 10.1. The molecule has 4 nitrogen and oxygen atoms in total. The summed E-state index contributed by atoms with van der Waals surface area (Å²) in [6.07, 6.45) is 0. The fourth-order valence-electron chi connectivity index (χ4n) is 0.782. The van der Waals surface area contributed by atoms with Crippen LogP contribution in [0.15, 0.2) is 18.2 Å². The molecule has 0 fully saturated rings. The lowest BCUT2D eigenvalue weighted by molar-refractivity contribution is 1.42. The molecule has 0 saturated carbocycles. The molecule has 1 aromatic carbocycles.